The van der Waals surface area contributed by atoms with Crippen molar-refractivity contribution >= 4 is 5.91 Å². The van der Waals surface area contributed by atoms with Gasteiger partial charge in [-0.1, -0.05) is 6.07 Å². The van der Waals surface area contributed by atoms with Gasteiger partial charge in [0.25, 0.3) is 0 Å². The van der Waals surface area contributed by atoms with Gasteiger partial charge in [0, 0.05) is 17.7 Å². The van der Waals surface area contributed by atoms with Gasteiger partial charge in [-0.2, -0.15) is 0 Å². The Balaban J connectivity index is 2.02. The molecule has 1 aromatic carbocycles. The van der Waals surface area contributed by atoms with E-state index in [0.29, 0.717) is 12.1 Å². The molecule has 0 aliphatic heterocycles. The van der Waals surface area contributed by atoms with Crippen molar-refractivity contribution in [2.24, 2.45) is 5.73 Å². The smallest absolute Gasteiger partial charge is 0.248 e. The van der Waals surface area contributed by atoms with Gasteiger partial charge < -0.3 is 15.5 Å². The Kier molecular flexibility index (Phi) is 4.20. The molecule has 1 heterocycles. The molecule has 2 rings (SSSR count). The maximum Gasteiger partial charge on any atom is 0.248 e. The Morgan fingerprint density at radius 2 is 2.15 bits per heavy atom. The van der Waals surface area contributed by atoms with Gasteiger partial charge in [-0.3, -0.25) is 4.79 Å². The molecule has 4 nitrogen and oxygen atoms in total. The zero-order valence-corrected chi connectivity index (χ0v) is 11.4. The molecule has 106 valence electrons. The van der Waals surface area contributed by atoms with Gasteiger partial charge in [0.1, 0.15) is 17.3 Å². The van der Waals surface area contributed by atoms with E-state index in [0.717, 1.165) is 17.6 Å². The molecule has 3 N–H and O–H groups in total. The molecule has 1 atom stereocenters. The minimum atomic E-state index is -0.636. The van der Waals surface area contributed by atoms with Crippen molar-refractivity contribution in [3.63, 3.8) is 0 Å². The first-order valence-electron chi connectivity index (χ1n) is 6.35. The molecule has 0 aliphatic rings. The molecule has 2 aromatic rings. The predicted octanol–water partition coefficient (Wildman–Crippen LogP) is 2.68. The number of benzene rings is 1. The molecular weight excluding hydrogens is 259 g/mol. The molecule has 20 heavy (non-hydrogen) atoms. The van der Waals surface area contributed by atoms with E-state index in [2.05, 4.69) is 5.32 Å². The third kappa shape index (κ3) is 3.24. The molecule has 5 heteroatoms. The van der Waals surface area contributed by atoms with Crippen LogP contribution < -0.4 is 11.1 Å². The van der Waals surface area contributed by atoms with Crippen molar-refractivity contribution in [3.8, 4) is 0 Å². The Hall–Kier alpha value is -2.14. The summed E-state index contributed by atoms with van der Waals surface area (Å²) in [5, 5.41) is 3.17. The van der Waals surface area contributed by atoms with Crippen LogP contribution in [-0.4, -0.2) is 5.91 Å². The summed E-state index contributed by atoms with van der Waals surface area (Å²) in [4.78, 5) is 10.9. The van der Waals surface area contributed by atoms with E-state index in [-0.39, 0.29) is 11.6 Å². The number of furan rings is 1. The van der Waals surface area contributed by atoms with Crippen LogP contribution in [0.1, 0.15) is 40.4 Å². The topological polar surface area (TPSA) is 68.3 Å². The lowest BCUT2D eigenvalue weighted by atomic mass is 10.1. The largest absolute Gasteiger partial charge is 0.465 e. The zero-order chi connectivity index (χ0) is 14.7. The summed E-state index contributed by atoms with van der Waals surface area (Å²) in [5.41, 5.74) is 5.74. The number of nitrogens with two attached hydrogens (primary N) is 1. The summed E-state index contributed by atoms with van der Waals surface area (Å²) >= 11 is 0. The Morgan fingerprint density at radius 1 is 1.40 bits per heavy atom. The first kappa shape index (κ1) is 14.3. The van der Waals surface area contributed by atoms with Gasteiger partial charge in [0.2, 0.25) is 5.91 Å². The summed E-state index contributed by atoms with van der Waals surface area (Å²) < 4.78 is 19.3. The van der Waals surface area contributed by atoms with Crippen molar-refractivity contribution in [3.05, 3.63) is 58.8 Å². The Morgan fingerprint density at radius 3 is 2.70 bits per heavy atom. The van der Waals surface area contributed by atoms with Crippen LogP contribution in [-0.2, 0) is 6.54 Å². The van der Waals surface area contributed by atoms with Crippen LogP contribution in [0.15, 0.2) is 34.7 Å². The van der Waals surface area contributed by atoms with Crippen LogP contribution in [0.25, 0.3) is 0 Å². The summed E-state index contributed by atoms with van der Waals surface area (Å²) in [6.45, 7) is 4.15. The molecular formula is C15H17FN2O2. The Bertz CT molecular complexity index is 622. The van der Waals surface area contributed by atoms with Crippen molar-refractivity contribution in [1.29, 1.82) is 0 Å². The minimum Gasteiger partial charge on any atom is -0.465 e. The van der Waals surface area contributed by atoms with Gasteiger partial charge in [0.05, 0.1) is 6.04 Å². The van der Waals surface area contributed by atoms with E-state index >= 15 is 0 Å². The van der Waals surface area contributed by atoms with Gasteiger partial charge in [-0.05, 0) is 38.1 Å². The molecule has 1 aromatic heterocycles. The fourth-order valence-corrected chi connectivity index (χ4v) is 1.89. The van der Waals surface area contributed by atoms with Crippen molar-refractivity contribution in [2.45, 2.75) is 26.4 Å². The molecule has 0 saturated carbocycles. The minimum absolute atomic E-state index is 0.0288. The fourth-order valence-electron chi connectivity index (χ4n) is 1.89. The van der Waals surface area contributed by atoms with Crippen LogP contribution in [0.5, 0.6) is 0 Å². The van der Waals surface area contributed by atoms with Gasteiger partial charge in [-0.25, -0.2) is 4.39 Å². The normalized spacial score (nSPS) is 12.3. The van der Waals surface area contributed by atoms with Crippen molar-refractivity contribution in [1.82, 2.24) is 5.32 Å². The highest BCUT2D eigenvalue weighted by Gasteiger charge is 2.11. The number of amides is 1. The van der Waals surface area contributed by atoms with Crippen LogP contribution in [0.3, 0.4) is 0 Å². The molecule has 0 fully saturated rings. The molecule has 0 saturated heterocycles. The lowest BCUT2D eigenvalue weighted by molar-refractivity contribution is 0.1000. The number of hydrogen-bond acceptors (Lipinski definition) is 3. The maximum absolute atomic E-state index is 13.8. The third-order valence-corrected chi connectivity index (χ3v) is 3.12. The first-order chi connectivity index (χ1) is 9.47. The number of halogens is 1. The summed E-state index contributed by atoms with van der Waals surface area (Å²) in [5.74, 6) is 0.557. The number of carbonyl (C=O) groups is 1. The number of primary amides is 1. The lowest BCUT2D eigenvalue weighted by Gasteiger charge is -2.12. The van der Waals surface area contributed by atoms with Crippen LogP contribution >= 0.6 is 0 Å². The van der Waals surface area contributed by atoms with Crippen molar-refractivity contribution in [2.75, 3.05) is 0 Å². The highest BCUT2D eigenvalue weighted by molar-refractivity contribution is 5.92. The lowest BCUT2D eigenvalue weighted by Crippen LogP contribution is -2.19. The quantitative estimate of drug-likeness (QED) is 0.882. The second-order valence-electron chi connectivity index (χ2n) is 4.72. The number of aryl methyl sites for hydroxylation is 1. The van der Waals surface area contributed by atoms with Gasteiger partial charge >= 0.3 is 0 Å². The zero-order valence-electron chi connectivity index (χ0n) is 11.4. The van der Waals surface area contributed by atoms with E-state index in [1.807, 2.05) is 26.0 Å². The molecule has 1 amide bonds. The van der Waals surface area contributed by atoms with E-state index in [4.69, 9.17) is 10.2 Å². The fraction of sp³-hybridized carbons (Fsp3) is 0.267. The van der Waals surface area contributed by atoms with E-state index in [1.165, 1.54) is 6.07 Å². The average Bonchev–Trinajstić information content (AvgIpc) is 2.83. The van der Waals surface area contributed by atoms with Crippen LogP contribution in [0.2, 0.25) is 0 Å². The predicted molar refractivity (Wildman–Crippen MR) is 73.6 cm³/mol. The van der Waals surface area contributed by atoms with E-state index in [1.54, 1.807) is 6.07 Å². The summed E-state index contributed by atoms with van der Waals surface area (Å²) in [7, 11) is 0. The molecule has 0 spiro atoms. The molecule has 1 unspecified atom stereocenters. The van der Waals surface area contributed by atoms with Crippen molar-refractivity contribution < 1.29 is 13.6 Å². The van der Waals surface area contributed by atoms with E-state index in [9.17, 15) is 9.18 Å². The number of carbonyl (C=O) groups excluding carboxylic acids is 1. The highest BCUT2D eigenvalue weighted by atomic mass is 19.1. The maximum atomic E-state index is 13.8. The van der Waals surface area contributed by atoms with Gasteiger partial charge in [-0.15, -0.1) is 0 Å². The molecule has 0 aliphatic carbocycles. The SMILES string of the molecule is Cc1ccc(C(C)NCc2ccc(C(N)=O)cc2F)o1. The second-order valence-corrected chi connectivity index (χ2v) is 4.72. The standard InChI is InChI=1S/C15H17FN2O2/c1-9-3-6-14(20-9)10(2)18-8-12-5-4-11(15(17)19)7-13(12)16/h3-7,10,18H,8H2,1-2H3,(H2,17,19). The summed E-state index contributed by atoms with van der Waals surface area (Å²) in [6.07, 6.45) is 0. The van der Waals surface area contributed by atoms with Gasteiger partial charge in [0.15, 0.2) is 0 Å². The van der Waals surface area contributed by atoms with Crippen LogP contribution in [0.4, 0.5) is 4.39 Å². The number of nitrogens with one attached hydrogen (secondary N) is 1. The first-order valence-corrected chi connectivity index (χ1v) is 6.35. The third-order valence-electron chi connectivity index (χ3n) is 3.12. The average molecular weight is 276 g/mol. The molecule has 0 radical (unpaired) electrons. The summed E-state index contributed by atoms with van der Waals surface area (Å²) in [6, 6.07) is 7.97. The Labute approximate surface area is 116 Å². The number of rotatable bonds is 5. The van der Waals surface area contributed by atoms with Crippen LogP contribution in [0, 0.1) is 12.7 Å². The highest BCUT2D eigenvalue weighted by Crippen LogP contribution is 2.17. The number of hydrogen-bond donors (Lipinski definition) is 2. The second kappa shape index (κ2) is 5.88. The van der Waals surface area contributed by atoms with E-state index < -0.39 is 11.7 Å². The monoisotopic (exact) mass is 276 g/mol. The molecule has 0 bridgehead atoms.